The topological polar surface area (TPSA) is 34.9 Å². The maximum atomic E-state index is 10.8. The number of fused-ring (bicyclic) bond motifs is 1. The lowest BCUT2D eigenvalue weighted by atomic mass is 9.84. The van der Waals surface area contributed by atoms with Crippen LogP contribution in [0.1, 0.15) is 49.3 Å². The number of nitrogens with zero attached hydrogens (tertiary/aromatic N) is 2. The monoisotopic (exact) mass is 256 g/mol. The molecular formula is C16H20N2O. The van der Waals surface area contributed by atoms with E-state index in [4.69, 9.17) is 0 Å². The molecule has 0 saturated heterocycles. The van der Waals surface area contributed by atoms with Gasteiger partial charge in [-0.3, -0.25) is 0 Å². The predicted octanol–water partition coefficient (Wildman–Crippen LogP) is 3.59. The molecular weight excluding hydrogens is 236 g/mol. The van der Waals surface area contributed by atoms with Crippen molar-refractivity contribution in [3.8, 4) is 0 Å². The molecule has 100 valence electrons. The molecule has 0 amide bonds. The number of aromatic nitrogens is 2. The van der Waals surface area contributed by atoms with Gasteiger partial charge in [-0.1, -0.05) is 19.3 Å². The van der Waals surface area contributed by atoms with Crippen molar-refractivity contribution in [2.45, 2.75) is 51.5 Å². The number of carbonyl (C=O) groups excluding carboxylic acids is 1. The van der Waals surface area contributed by atoms with Crippen LogP contribution in [0, 0.1) is 6.92 Å². The number of rotatable bonds is 3. The molecule has 1 saturated carbocycles. The molecule has 1 fully saturated rings. The summed E-state index contributed by atoms with van der Waals surface area (Å²) in [6.45, 7) is 2.40. The average Bonchev–Trinajstić information content (AvgIpc) is 2.79. The lowest BCUT2D eigenvalue weighted by molar-refractivity contribution is -0.108. The zero-order valence-corrected chi connectivity index (χ0v) is 11.4. The van der Waals surface area contributed by atoms with Gasteiger partial charge in [0.1, 0.15) is 11.9 Å². The molecule has 1 aliphatic carbocycles. The van der Waals surface area contributed by atoms with Gasteiger partial charge in [0, 0.05) is 17.3 Å². The van der Waals surface area contributed by atoms with E-state index in [0.29, 0.717) is 12.5 Å². The highest BCUT2D eigenvalue weighted by molar-refractivity contribution is 5.82. The van der Waals surface area contributed by atoms with Gasteiger partial charge in [-0.25, -0.2) is 4.98 Å². The summed E-state index contributed by atoms with van der Waals surface area (Å²) in [6, 6.07) is 4.24. The van der Waals surface area contributed by atoms with Gasteiger partial charge in [-0.05, 0) is 43.4 Å². The summed E-state index contributed by atoms with van der Waals surface area (Å²) in [6.07, 6.45) is 9.66. The third-order valence-corrected chi connectivity index (χ3v) is 4.21. The fourth-order valence-electron chi connectivity index (χ4n) is 3.24. The van der Waals surface area contributed by atoms with E-state index in [2.05, 4.69) is 23.3 Å². The molecule has 3 heteroatoms. The van der Waals surface area contributed by atoms with Crippen molar-refractivity contribution in [1.29, 1.82) is 0 Å². The van der Waals surface area contributed by atoms with Crippen LogP contribution < -0.4 is 0 Å². The van der Waals surface area contributed by atoms with Gasteiger partial charge in [0.05, 0.1) is 6.54 Å². The summed E-state index contributed by atoms with van der Waals surface area (Å²) in [5.74, 6) is 0.647. The Labute approximate surface area is 113 Å². The molecule has 3 rings (SSSR count). The van der Waals surface area contributed by atoms with E-state index in [-0.39, 0.29) is 0 Å². The summed E-state index contributed by atoms with van der Waals surface area (Å²) in [7, 11) is 0. The smallest absolute Gasteiger partial charge is 0.140 e. The molecule has 0 N–H and O–H groups in total. The van der Waals surface area contributed by atoms with Crippen LogP contribution in [0.5, 0.6) is 0 Å². The van der Waals surface area contributed by atoms with Gasteiger partial charge in [0.15, 0.2) is 0 Å². The first-order valence-electron chi connectivity index (χ1n) is 7.19. The minimum absolute atomic E-state index is 0.402. The van der Waals surface area contributed by atoms with E-state index in [0.717, 1.165) is 17.6 Å². The first-order chi connectivity index (χ1) is 9.29. The van der Waals surface area contributed by atoms with E-state index in [1.807, 2.05) is 11.5 Å². The van der Waals surface area contributed by atoms with Crippen LogP contribution in [0.4, 0.5) is 0 Å². The molecule has 2 aromatic heterocycles. The quantitative estimate of drug-likeness (QED) is 0.787. The van der Waals surface area contributed by atoms with Crippen LogP contribution in [0.15, 0.2) is 18.3 Å². The number of aryl methyl sites for hydroxylation is 1. The van der Waals surface area contributed by atoms with Crippen LogP contribution in [-0.4, -0.2) is 15.8 Å². The van der Waals surface area contributed by atoms with Crippen LogP contribution in [-0.2, 0) is 11.3 Å². The van der Waals surface area contributed by atoms with Crippen LogP contribution in [0.25, 0.3) is 11.0 Å². The van der Waals surface area contributed by atoms with Gasteiger partial charge in [0.2, 0.25) is 0 Å². The lowest BCUT2D eigenvalue weighted by Crippen LogP contribution is -2.04. The molecule has 0 aliphatic heterocycles. The number of pyridine rings is 1. The highest BCUT2D eigenvalue weighted by Gasteiger charge is 2.20. The third-order valence-electron chi connectivity index (χ3n) is 4.21. The molecule has 1 aliphatic rings. The van der Waals surface area contributed by atoms with Crippen molar-refractivity contribution in [3.63, 3.8) is 0 Å². The summed E-state index contributed by atoms with van der Waals surface area (Å²) in [5.41, 5.74) is 3.37. The molecule has 3 nitrogen and oxygen atoms in total. The Bertz CT molecular complexity index is 594. The van der Waals surface area contributed by atoms with Crippen molar-refractivity contribution >= 4 is 17.3 Å². The second-order valence-corrected chi connectivity index (χ2v) is 5.56. The zero-order chi connectivity index (χ0) is 13.2. The van der Waals surface area contributed by atoms with Crippen molar-refractivity contribution in [3.05, 3.63) is 29.6 Å². The fourth-order valence-corrected chi connectivity index (χ4v) is 3.24. The Hall–Kier alpha value is -1.64. The van der Waals surface area contributed by atoms with Crippen LogP contribution >= 0.6 is 0 Å². The Morgan fingerprint density at radius 3 is 2.84 bits per heavy atom. The second-order valence-electron chi connectivity index (χ2n) is 5.56. The molecule has 0 spiro atoms. The molecule has 0 radical (unpaired) electrons. The first-order valence-corrected chi connectivity index (χ1v) is 7.19. The Morgan fingerprint density at radius 2 is 2.11 bits per heavy atom. The standard InChI is InChI=1S/C16H20N2O/c1-12-7-8-14-15(13-5-3-2-4-6-13)11-18(9-10-19)16(14)17-12/h7-8,10-11,13H,2-6,9H2,1H3. The van der Waals surface area contributed by atoms with Crippen molar-refractivity contribution in [1.82, 2.24) is 9.55 Å². The van der Waals surface area contributed by atoms with Crippen LogP contribution in [0.3, 0.4) is 0 Å². The summed E-state index contributed by atoms with van der Waals surface area (Å²) < 4.78 is 2.00. The predicted molar refractivity (Wildman–Crippen MR) is 76.4 cm³/mol. The summed E-state index contributed by atoms with van der Waals surface area (Å²) in [4.78, 5) is 15.5. The Kier molecular flexibility index (Phi) is 3.36. The third kappa shape index (κ3) is 2.29. The van der Waals surface area contributed by atoms with Crippen LogP contribution in [0.2, 0.25) is 0 Å². The second kappa shape index (κ2) is 5.16. The summed E-state index contributed by atoms with van der Waals surface area (Å²) in [5, 5.41) is 1.24. The van der Waals surface area contributed by atoms with Gasteiger partial charge in [-0.15, -0.1) is 0 Å². The van der Waals surface area contributed by atoms with Gasteiger partial charge < -0.3 is 9.36 Å². The normalized spacial score (nSPS) is 16.9. The Morgan fingerprint density at radius 1 is 1.32 bits per heavy atom. The molecule has 0 unspecified atom stereocenters. The van der Waals surface area contributed by atoms with Gasteiger partial charge in [0.25, 0.3) is 0 Å². The first kappa shape index (κ1) is 12.4. The SMILES string of the molecule is Cc1ccc2c(C3CCCCC3)cn(CC=O)c2n1. The molecule has 0 atom stereocenters. The van der Waals surface area contributed by atoms with Gasteiger partial charge >= 0.3 is 0 Å². The maximum Gasteiger partial charge on any atom is 0.140 e. The minimum atomic E-state index is 0.402. The van der Waals surface area contributed by atoms with E-state index in [1.54, 1.807) is 0 Å². The Balaban J connectivity index is 2.10. The molecule has 19 heavy (non-hydrogen) atoms. The largest absolute Gasteiger partial charge is 0.325 e. The van der Waals surface area contributed by atoms with E-state index in [9.17, 15) is 4.79 Å². The number of aldehydes is 1. The van der Waals surface area contributed by atoms with E-state index in [1.165, 1.54) is 43.1 Å². The molecule has 2 heterocycles. The number of hydrogen-bond acceptors (Lipinski definition) is 2. The van der Waals surface area contributed by atoms with Crippen molar-refractivity contribution < 1.29 is 4.79 Å². The molecule has 0 bridgehead atoms. The minimum Gasteiger partial charge on any atom is -0.325 e. The maximum absolute atomic E-state index is 10.8. The zero-order valence-electron chi connectivity index (χ0n) is 11.4. The van der Waals surface area contributed by atoms with Crippen molar-refractivity contribution in [2.24, 2.45) is 0 Å². The molecule has 2 aromatic rings. The molecule has 0 aromatic carbocycles. The fraction of sp³-hybridized carbons (Fsp3) is 0.500. The van der Waals surface area contributed by atoms with Crippen molar-refractivity contribution in [2.75, 3.05) is 0 Å². The number of carbonyl (C=O) groups is 1. The van der Waals surface area contributed by atoms with E-state index < -0.39 is 0 Å². The highest BCUT2D eigenvalue weighted by Crippen LogP contribution is 2.36. The van der Waals surface area contributed by atoms with Gasteiger partial charge in [-0.2, -0.15) is 0 Å². The highest BCUT2D eigenvalue weighted by atomic mass is 16.1. The summed E-state index contributed by atoms with van der Waals surface area (Å²) >= 11 is 0. The number of hydrogen-bond donors (Lipinski definition) is 0. The van der Waals surface area contributed by atoms with E-state index >= 15 is 0 Å². The average molecular weight is 256 g/mol. The lowest BCUT2D eigenvalue weighted by Gasteiger charge is -2.21.